The van der Waals surface area contributed by atoms with Crippen LogP contribution in [0.4, 0.5) is 0 Å². The number of amides is 1. The summed E-state index contributed by atoms with van der Waals surface area (Å²) in [6.45, 7) is 3.84. The van der Waals surface area contributed by atoms with Crippen LogP contribution in [0.2, 0.25) is 0 Å². The summed E-state index contributed by atoms with van der Waals surface area (Å²) in [6.07, 6.45) is 4.53. The molecule has 0 radical (unpaired) electrons. The Labute approximate surface area is 153 Å². The predicted octanol–water partition coefficient (Wildman–Crippen LogP) is 2.26. The summed E-state index contributed by atoms with van der Waals surface area (Å²) in [4.78, 5) is 15.0. The van der Waals surface area contributed by atoms with Crippen LogP contribution in [0.5, 0.6) is 11.5 Å². The molecule has 3 fully saturated rings. The van der Waals surface area contributed by atoms with Gasteiger partial charge in [0.15, 0.2) is 11.5 Å². The molecule has 1 amide bonds. The second-order valence-corrected chi connectivity index (χ2v) is 7.90. The van der Waals surface area contributed by atoms with E-state index in [9.17, 15) is 4.79 Å². The highest BCUT2D eigenvalue weighted by molar-refractivity contribution is 5.98. The van der Waals surface area contributed by atoms with Crippen molar-refractivity contribution in [2.24, 2.45) is 5.92 Å². The molecule has 1 spiro atoms. The van der Waals surface area contributed by atoms with Crippen molar-refractivity contribution in [3.63, 3.8) is 0 Å². The Bertz CT molecular complexity index is 703. The van der Waals surface area contributed by atoms with Gasteiger partial charge in [-0.2, -0.15) is 0 Å². The van der Waals surface area contributed by atoms with Gasteiger partial charge in [0, 0.05) is 19.6 Å². The van der Waals surface area contributed by atoms with Gasteiger partial charge in [0.25, 0.3) is 5.91 Å². The molecule has 0 unspecified atom stereocenters. The van der Waals surface area contributed by atoms with Gasteiger partial charge in [-0.25, -0.2) is 0 Å². The van der Waals surface area contributed by atoms with Gasteiger partial charge < -0.3 is 23.8 Å². The molecule has 26 heavy (non-hydrogen) atoms. The highest BCUT2D eigenvalue weighted by atomic mass is 16.6. The molecule has 6 nitrogen and oxygen atoms in total. The number of rotatable bonds is 4. The molecule has 3 heterocycles. The van der Waals surface area contributed by atoms with E-state index in [1.807, 2.05) is 23.1 Å². The molecule has 0 N–H and O–H groups in total. The monoisotopic (exact) mass is 359 g/mol. The number of benzene rings is 1. The lowest BCUT2D eigenvalue weighted by Crippen LogP contribution is -2.36. The standard InChI is InChI=1S/C20H25NO5/c22-19(16-2-1-3-17-18(16)24-9-8-23-17)21-7-6-20(13-21)10-15(12-26-20)25-11-14-4-5-14/h1-3,14-15H,4-13H2/t15-,20+/m1/s1. The van der Waals surface area contributed by atoms with Gasteiger partial charge >= 0.3 is 0 Å². The third kappa shape index (κ3) is 3.05. The van der Waals surface area contributed by atoms with Crippen molar-refractivity contribution >= 4 is 5.91 Å². The zero-order valence-electron chi connectivity index (χ0n) is 14.9. The largest absolute Gasteiger partial charge is 0.486 e. The Morgan fingerprint density at radius 3 is 3.04 bits per heavy atom. The number of hydrogen-bond acceptors (Lipinski definition) is 5. The van der Waals surface area contributed by atoms with Crippen molar-refractivity contribution in [2.45, 2.75) is 37.4 Å². The van der Waals surface area contributed by atoms with Crippen LogP contribution in [0.15, 0.2) is 18.2 Å². The highest BCUT2D eigenvalue weighted by Gasteiger charge is 2.47. The van der Waals surface area contributed by atoms with Gasteiger partial charge in [0.1, 0.15) is 13.2 Å². The molecule has 0 bridgehead atoms. The molecular weight excluding hydrogens is 334 g/mol. The van der Waals surface area contributed by atoms with Gasteiger partial charge in [-0.1, -0.05) is 6.07 Å². The summed E-state index contributed by atoms with van der Waals surface area (Å²) < 4.78 is 23.4. The van der Waals surface area contributed by atoms with Crippen LogP contribution in [0.1, 0.15) is 36.0 Å². The zero-order valence-corrected chi connectivity index (χ0v) is 14.9. The van der Waals surface area contributed by atoms with Gasteiger partial charge in [-0.15, -0.1) is 0 Å². The van der Waals surface area contributed by atoms with E-state index in [0.29, 0.717) is 50.0 Å². The summed E-state index contributed by atoms with van der Waals surface area (Å²) in [5.41, 5.74) is 0.342. The van der Waals surface area contributed by atoms with Crippen molar-refractivity contribution in [2.75, 3.05) is 39.5 Å². The maximum Gasteiger partial charge on any atom is 0.257 e. The number of fused-ring (bicyclic) bond motifs is 1. The summed E-state index contributed by atoms with van der Waals surface area (Å²) >= 11 is 0. The minimum atomic E-state index is -0.240. The van der Waals surface area contributed by atoms with Crippen LogP contribution in [0.3, 0.4) is 0 Å². The van der Waals surface area contributed by atoms with Crippen molar-refractivity contribution in [1.82, 2.24) is 4.90 Å². The average Bonchev–Trinajstić information content (AvgIpc) is 3.30. The number of ether oxygens (including phenoxy) is 4. The zero-order chi connectivity index (χ0) is 17.6. The van der Waals surface area contributed by atoms with Crippen molar-refractivity contribution in [3.05, 3.63) is 23.8 Å². The van der Waals surface area contributed by atoms with Crippen LogP contribution in [0, 0.1) is 5.92 Å². The van der Waals surface area contributed by atoms with Crippen molar-refractivity contribution in [1.29, 1.82) is 0 Å². The Morgan fingerprint density at radius 1 is 1.27 bits per heavy atom. The molecule has 2 saturated heterocycles. The molecule has 0 aromatic heterocycles. The molecule has 1 aromatic rings. The SMILES string of the molecule is O=C(c1cccc2c1OCCO2)N1CC[C@]2(C[C@@H](OCC3CC3)CO2)C1. The van der Waals surface area contributed by atoms with Crippen molar-refractivity contribution < 1.29 is 23.7 Å². The first-order valence-corrected chi connectivity index (χ1v) is 9.66. The van der Waals surface area contributed by atoms with E-state index in [2.05, 4.69) is 0 Å². The smallest absolute Gasteiger partial charge is 0.257 e. The molecule has 1 aromatic carbocycles. The van der Waals surface area contributed by atoms with E-state index in [-0.39, 0.29) is 17.6 Å². The van der Waals surface area contributed by atoms with Crippen LogP contribution < -0.4 is 9.47 Å². The topological polar surface area (TPSA) is 57.2 Å². The minimum Gasteiger partial charge on any atom is -0.486 e. The lowest BCUT2D eigenvalue weighted by molar-refractivity contribution is 0.00153. The number of carbonyl (C=O) groups is 1. The van der Waals surface area contributed by atoms with E-state index in [1.54, 1.807) is 0 Å². The van der Waals surface area contributed by atoms with Crippen LogP contribution >= 0.6 is 0 Å². The first-order chi connectivity index (χ1) is 12.7. The normalized spacial score (nSPS) is 30.2. The third-order valence-corrected chi connectivity index (χ3v) is 5.84. The molecule has 5 rings (SSSR count). The second-order valence-electron chi connectivity index (χ2n) is 7.90. The van der Waals surface area contributed by atoms with E-state index >= 15 is 0 Å². The van der Waals surface area contributed by atoms with Gasteiger partial charge in [-0.05, 0) is 37.3 Å². The Kier molecular flexibility index (Phi) is 4.05. The van der Waals surface area contributed by atoms with E-state index < -0.39 is 0 Å². The first kappa shape index (κ1) is 16.4. The summed E-state index contributed by atoms with van der Waals surface area (Å²) in [7, 11) is 0. The Morgan fingerprint density at radius 2 is 2.15 bits per heavy atom. The molecule has 1 saturated carbocycles. The molecule has 4 aliphatic rings. The number of para-hydroxylation sites is 1. The van der Waals surface area contributed by atoms with Gasteiger partial charge in [0.05, 0.1) is 30.4 Å². The minimum absolute atomic E-state index is 0.00447. The fraction of sp³-hybridized carbons (Fsp3) is 0.650. The van der Waals surface area contributed by atoms with Crippen LogP contribution in [-0.4, -0.2) is 62.0 Å². The van der Waals surface area contributed by atoms with Gasteiger partial charge in [0.2, 0.25) is 0 Å². The Hall–Kier alpha value is -1.79. The van der Waals surface area contributed by atoms with Gasteiger partial charge in [-0.3, -0.25) is 4.79 Å². The molecule has 3 aliphatic heterocycles. The molecule has 2 atom stereocenters. The fourth-order valence-electron chi connectivity index (χ4n) is 4.18. The average molecular weight is 359 g/mol. The van der Waals surface area contributed by atoms with E-state index in [4.69, 9.17) is 18.9 Å². The van der Waals surface area contributed by atoms with Crippen LogP contribution in [0.25, 0.3) is 0 Å². The lowest BCUT2D eigenvalue weighted by atomic mass is 9.98. The number of hydrogen-bond donors (Lipinski definition) is 0. The quantitative estimate of drug-likeness (QED) is 0.825. The Balaban J connectivity index is 1.25. The number of carbonyl (C=O) groups excluding carboxylic acids is 1. The number of nitrogens with zero attached hydrogens (tertiary/aromatic N) is 1. The highest BCUT2D eigenvalue weighted by Crippen LogP contribution is 2.40. The predicted molar refractivity (Wildman–Crippen MR) is 93.7 cm³/mol. The molecule has 6 heteroatoms. The maximum absolute atomic E-state index is 13.1. The summed E-state index contributed by atoms with van der Waals surface area (Å²) in [6, 6.07) is 5.51. The fourth-order valence-corrected chi connectivity index (χ4v) is 4.18. The van der Waals surface area contributed by atoms with Crippen molar-refractivity contribution in [3.8, 4) is 11.5 Å². The maximum atomic E-state index is 13.1. The molecule has 140 valence electrons. The number of likely N-dealkylation sites (tertiary alicyclic amines) is 1. The molecule has 1 aliphatic carbocycles. The third-order valence-electron chi connectivity index (χ3n) is 5.84. The first-order valence-electron chi connectivity index (χ1n) is 9.66. The van der Waals surface area contributed by atoms with E-state index in [1.165, 1.54) is 12.8 Å². The molecular formula is C20H25NO5. The van der Waals surface area contributed by atoms with E-state index in [0.717, 1.165) is 25.4 Å². The lowest BCUT2D eigenvalue weighted by Gasteiger charge is -2.25. The summed E-state index contributed by atoms with van der Waals surface area (Å²) in [5.74, 6) is 1.99. The second kappa shape index (κ2) is 6.43. The van der Waals surface area contributed by atoms with Crippen LogP contribution in [-0.2, 0) is 9.47 Å². The summed E-state index contributed by atoms with van der Waals surface area (Å²) in [5, 5.41) is 0.